The van der Waals surface area contributed by atoms with E-state index in [1.165, 1.54) is 0 Å². The molecule has 1 amide bonds. The van der Waals surface area contributed by atoms with Crippen molar-refractivity contribution in [3.05, 3.63) is 29.6 Å². The Balaban J connectivity index is 2.77. The predicted molar refractivity (Wildman–Crippen MR) is 52.6 cm³/mol. The molecule has 3 N–H and O–H groups in total. The molecule has 1 unspecified atom stereocenters. The Hall–Kier alpha value is -1.42. The van der Waals surface area contributed by atoms with Crippen molar-refractivity contribution >= 4 is 5.91 Å². The maximum atomic E-state index is 10.9. The molecule has 0 aliphatic heterocycles. The number of aromatic nitrogens is 1. The summed E-state index contributed by atoms with van der Waals surface area (Å²) in [7, 11) is 0. The molecule has 0 bridgehead atoms. The molecular weight excluding hydrogens is 180 g/mol. The van der Waals surface area contributed by atoms with E-state index in [0.29, 0.717) is 6.42 Å². The second-order valence-corrected chi connectivity index (χ2v) is 3.18. The number of primary amides is 1. The van der Waals surface area contributed by atoms with E-state index in [0.717, 1.165) is 11.3 Å². The second-order valence-electron chi connectivity index (χ2n) is 3.18. The number of nitrogens with two attached hydrogens (primary N) is 1. The van der Waals surface area contributed by atoms with Gasteiger partial charge in [0.2, 0.25) is 5.91 Å². The molecule has 76 valence electrons. The van der Waals surface area contributed by atoms with Gasteiger partial charge in [0.1, 0.15) is 0 Å². The van der Waals surface area contributed by atoms with Gasteiger partial charge in [0.15, 0.2) is 0 Å². The second kappa shape index (κ2) is 4.72. The average Bonchev–Trinajstić information content (AvgIpc) is 2.18. The van der Waals surface area contributed by atoms with Gasteiger partial charge in [-0.3, -0.25) is 9.78 Å². The van der Waals surface area contributed by atoms with Gasteiger partial charge >= 0.3 is 0 Å². The van der Waals surface area contributed by atoms with Gasteiger partial charge in [-0.05, 0) is 18.6 Å². The lowest BCUT2D eigenvalue weighted by Gasteiger charge is -2.07. The summed E-state index contributed by atoms with van der Waals surface area (Å²) < 4.78 is 0. The van der Waals surface area contributed by atoms with Gasteiger partial charge in [-0.1, -0.05) is 6.07 Å². The van der Waals surface area contributed by atoms with Gasteiger partial charge in [0.25, 0.3) is 0 Å². The Bertz CT molecular complexity index is 308. The quantitative estimate of drug-likeness (QED) is 0.719. The van der Waals surface area contributed by atoms with Crippen LogP contribution in [0.3, 0.4) is 0 Å². The van der Waals surface area contributed by atoms with Crippen LogP contribution in [0.15, 0.2) is 18.3 Å². The fourth-order valence-corrected chi connectivity index (χ4v) is 1.12. The molecule has 0 aromatic carbocycles. The van der Waals surface area contributed by atoms with Gasteiger partial charge < -0.3 is 10.8 Å². The number of aliphatic hydroxyl groups is 1. The molecule has 1 aromatic heterocycles. The van der Waals surface area contributed by atoms with Crippen LogP contribution in [0.4, 0.5) is 0 Å². The summed E-state index contributed by atoms with van der Waals surface area (Å²) in [6.45, 7) is 1.82. The lowest BCUT2D eigenvalue weighted by Crippen LogP contribution is -2.18. The van der Waals surface area contributed by atoms with E-state index in [1.807, 2.05) is 6.07 Å². The Morgan fingerprint density at radius 1 is 1.64 bits per heavy atom. The van der Waals surface area contributed by atoms with Crippen molar-refractivity contribution < 1.29 is 9.90 Å². The number of hydrogen-bond acceptors (Lipinski definition) is 3. The third-order valence-corrected chi connectivity index (χ3v) is 2.14. The molecule has 0 spiro atoms. The SMILES string of the molecule is CC(C(N)=O)c1ccc(CCO)nc1. The molecule has 0 aliphatic carbocycles. The summed E-state index contributed by atoms with van der Waals surface area (Å²) >= 11 is 0. The molecular formula is C10H14N2O2. The van der Waals surface area contributed by atoms with E-state index in [9.17, 15) is 4.79 Å². The highest BCUT2D eigenvalue weighted by Gasteiger charge is 2.11. The lowest BCUT2D eigenvalue weighted by atomic mass is 10.0. The van der Waals surface area contributed by atoms with Crippen molar-refractivity contribution in [1.82, 2.24) is 4.98 Å². The zero-order valence-electron chi connectivity index (χ0n) is 8.10. The third kappa shape index (κ3) is 2.53. The van der Waals surface area contributed by atoms with Crippen LogP contribution in [0.25, 0.3) is 0 Å². The molecule has 0 fully saturated rings. The first-order chi connectivity index (χ1) is 6.65. The molecule has 4 nitrogen and oxygen atoms in total. The first kappa shape index (κ1) is 10.7. The van der Waals surface area contributed by atoms with Gasteiger partial charge in [-0.15, -0.1) is 0 Å². The van der Waals surface area contributed by atoms with Crippen LogP contribution in [0, 0.1) is 0 Å². The predicted octanol–water partition coefficient (Wildman–Crippen LogP) is 0.205. The summed E-state index contributed by atoms with van der Waals surface area (Å²) in [5.41, 5.74) is 6.78. The first-order valence-corrected chi connectivity index (χ1v) is 4.50. The van der Waals surface area contributed by atoms with Crippen LogP contribution in [0.1, 0.15) is 24.1 Å². The fourth-order valence-electron chi connectivity index (χ4n) is 1.12. The fraction of sp³-hybridized carbons (Fsp3) is 0.400. The summed E-state index contributed by atoms with van der Waals surface area (Å²) in [4.78, 5) is 15.0. The van der Waals surface area contributed by atoms with Crippen LogP contribution in [0.2, 0.25) is 0 Å². The van der Waals surface area contributed by atoms with E-state index in [2.05, 4.69) is 4.98 Å². The molecule has 1 heterocycles. The minimum absolute atomic E-state index is 0.0811. The molecule has 1 aromatic rings. The summed E-state index contributed by atoms with van der Waals surface area (Å²) in [5, 5.41) is 8.67. The van der Waals surface area contributed by atoms with E-state index >= 15 is 0 Å². The molecule has 0 radical (unpaired) electrons. The minimum Gasteiger partial charge on any atom is -0.396 e. The molecule has 1 atom stereocenters. The van der Waals surface area contributed by atoms with E-state index < -0.39 is 0 Å². The number of carbonyl (C=O) groups is 1. The topological polar surface area (TPSA) is 76.2 Å². The van der Waals surface area contributed by atoms with Crippen LogP contribution in [0.5, 0.6) is 0 Å². The van der Waals surface area contributed by atoms with Crippen LogP contribution in [-0.4, -0.2) is 22.6 Å². The van der Waals surface area contributed by atoms with E-state index in [-0.39, 0.29) is 18.4 Å². The number of hydrogen-bond donors (Lipinski definition) is 2. The summed E-state index contributed by atoms with van der Waals surface area (Å²) in [6, 6.07) is 3.61. The molecule has 14 heavy (non-hydrogen) atoms. The zero-order chi connectivity index (χ0) is 10.6. The smallest absolute Gasteiger partial charge is 0.224 e. The maximum Gasteiger partial charge on any atom is 0.224 e. The highest BCUT2D eigenvalue weighted by Crippen LogP contribution is 2.13. The van der Waals surface area contributed by atoms with Crippen molar-refractivity contribution in [2.24, 2.45) is 5.73 Å². The Labute approximate surface area is 82.8 Å². The van der Waals surface area contributed by atoms with Crippen LogP contribution in [-0.2, 0) is 11.2 Å². The highest BCUT2D eigenvalue weighted by atomic mass is 16.3. The van der Waals surface area contributed by atoms with Crippen molar-refractivity contribution in [2.75, 3.05) is 6.61 Å². The average molecular weight is 194 g/mol. The van der Waals surface area contributed by atoms with Crippen molar-refractivity contribution in [2.45, 2.75) is 19.3 Å². The van der Waals surface area contributed by atoms with E-state index in [1.54, 1.807) is 19.2 Å². The van der Waals surface area contributed by atoms with Crippen molar-refractivity contribution in [3.63, 3.8) is 0 Å². The van der Waals surface area contributed by atoms with Crippen molar-refractivity contribution in [1.29, 1.82) is 0 Å². The number of amides is 1. The largest absolute Gasteiger partial charge is 0.396 e. The molecule has 0 aliphatic rings. The van der Waals surface area contributed by atoms with Gasteiger partial charge in [-0.2, -0.15) is 0 Å². The highest BCUT2D eigenvalue weighted by molar-refractivity contribution is 5.81. The Morgan fingerprint density at radius 3 is 2.79 bits per heavy atom. The van der Waals surface area contributed by atoms with Gasteiger partial charge in [0, 0.05) is 24.9 Å². The van der Waals surface area contributed by atoms with E-state index in [4.69, 9.17) is 10.8 Å². The number of nitrogens with zero attached hydrogens (tertiary/aromatic N) is 1. The number of rotatable bonds is 4. The molecule has 4 heteroatoms. The standard InChI is InChI=1S/C10H14N2O2/c1-7(10(11)14)8-2-3-9(4-5-13)12-6-8/h2-3,6-7,13H,4-5H2,1H3,(H2,11,14). The number of carbonyl (C=O) groups excluding carboxylic acids is 1. The van der Waals surface area contributed by atoms with Gasteiger partial charge in [0.05, 0.1) is 5.92 Å². The monoisotopic (exact) mass is 194 g/mol. The minimum atomic E-state index is -0.360. The van der Waals surface area contributed by atoms with Crippen molar-refractivity contribution in [3.8, 4) is 0 Å². The van der Waals surface area contributed by atoms with Crippen LogP contribution < -0.4 is 5.73 Å². The van der Waals surface area contributed by atoms with Crippen LogP contribution >= 0.6 is 0 Å². The summed E-state index contributed by atoms with van der Waals surface area (Å²) in [6.07, 6.45) is 2.16. The lowest BCUT2D eigenvalue weighted by molar-refractivity contribution is -0.119. The Kier molecular flexibility index (Phi) is 3.59. The molecule has 0 saturated carbocycles. The summed E-state index contributed by atoms with van der Waals surface area (Å²) in [5.74, 6) is -0.674. The Morgan fingerprint density at radius 2 is 2.36 bits per heavy atom. The third-order valence-electron chi connectivity index (χ3n) is 2.14. The normalized spacial score (nSPS) is 12.4. The zero-order valence-corrected chi connectivity index (χ0v) is 8.10. The first-order valence-electron chi connectivity index (χ1n) is 4.50. The number of pyridine rings is 1. The number of aliphatic hydroxyl groups excluding tert-OH is 1. The molecule has 1 rings (SSSR count). The maximum absolute atomic E-state index is 10.9. The van der Waals surface area contributed by atoms with Gasteiger partial charge in [-0.25, -0.2) is 0 Å². The molecule has 0 saturated heterocycles.